The lowest BCUT2D eigenvalue weighted by molar-refractivity contribution is -0.385. The van der Waals surface area contributed by atoms with Gasteiger partial charge in [-0.3, -0.25) is 19.7 Å². The second kappa shape index (κ2) is 10.8. The van der Waals surface area contributed by atoms with E-state index in [4.69, 9.17) is 4.74 Å². The van der Waals surface area contributed by atoms with Crippen molar-refractivity contribution in [1.29, 1.82) is 0 Å². The van der Waals surface area contributed by atoms with E-state index in [0.717, 1.165) is 0 Å². The Morgan fingerprint density at radius 3 is 2.22 bits per heavy atom. The van der Waals surface area contributed by atoms with Gasteiger partial charge in [0, 0.05) is 6.07 Å². The summed E-state index contributed by atoms with van der Waals surface area (Å²) in [6, 6.07) is 10.9. The molecule has 0 saturated carbocycles. The second-order valence-electron chi connectivity index (χ2n) is 7.28. The SMILES string of the molecule is CC(C)OC(=O)CC(NC(=O)[C@H](C)NS(=O)(=O)c1ccccc1)c1ccccc1[N+](=O)[O-]. The highest BCUT2D eigenvalue weighted by molar-refractivity contribution is 7.89. The van der Waals surface area contributed by atoms with Crippen molar-refractivity contribution in [2.45, 2.75) is 50.3 Å². The van der Waals surface area contributed by atoms with Crippen molar-refractivity contribution in [3.8, 4) is 0 Å². The number of para-hydroxylation sites is 1. The molecule has 2 atom stereocenters. The molecule has 0 heterocycles. The molecule has 1 unspecified atom stereocenters. The minimum atomic E-state index is -3.98. The van der Waals surface area contributed by atoms with Crippen molar-refractivity contribution in [2.24, 2.45) is 0 Å². The van der Waals surface area contributed by atoms with Gasteiger partial charge in [0.15, 0.2) is 0 Å². The first-order valence-corrected chi connectivity index (χ1v) is 11.3. The summed E-state index contributed by atoms with van der Waals surface area (Å²) >= 11 is 0. The van der Waals surface area contributed by atoms with Crippen LogP contribution in [0, 0.1) is 10.1 Å². The monoisotopic (exact) mass is 463 g/mol. The Hall–Kier alpha value is -3.31. The van der Waals surface area contributed by atoms with Crippen LogP contribution >= 0.6 is 0 Å². The second-order valence-corrected chi connectivity index (χ2v) is 8.99. The third kappa shape index (κ3) is 6.86. The van der Waals surface area contributed by atoms with Gasteiger partial charge < -0.3 is 10.1 Å². The zero-order chi connectivity index (χ0) is 23.9. The van der Waals surface area contributed by atoms with Crippen LogP contribution < -0.4 is 10.0 Å². The smallest absolute Gasteiger partial charge is 0.308 e. The van der Waals surface area contributed by atoms with E-state index in [1.165, 1.54) is 43.3 Å². The molecule has 11 heteroatoms. The first kappa shape index (κ1) is 25.0. The molecule has 2 aromatic rings. The number of nitro groups is 1. The molecule has 10 nitrogen and oxygen atoms in total. The van der Waals surface area contributed by atoms with Gasteiger partial charge in [0.2, 0.25) is 15.9 Å². The molecule has 0 aliphatic heterocycles. The Balaban J connectivity index is 2.25. The van der Waals surface area contributed by atoms with E-state index in [-0.39, 0.29) is 22.6 Å². The van der Waals surface area contributed by atoms with Gasteiger partial charge in [0.1, 0.15) is 0 Å². The summed E-state index contributed by atoms with van der Waals surface area (Å²) in [5.74, 6) is -1.43. The molecule has 0 saturated heterocycles. The maximum atomic E-state index is 12.8. The number of amides is 1. The number of nitro benzene ring substituents is 1. The van der Waals surface area contributed by atoms with Crippen molar-refractivity contribution in [3.63, 3.8) is 0 Å². The normalized spacial score (nSPS) is 13.2. The van der Waals surface area contributed by atoms with Crippen LogP contribution in [0.3, 0.4) is 0 Å². The number of nitrogens with zero attached hydrogens (tertiary/aromatic N) is 1. The van der Waals surface area contributed by atoms with E-state index in [9.17, 15) is 28.1 Å². The van der Waals surface area contributed by atoms with E-state index in [0.29, 0.717) is 0 Å². The van der Waals surface area contributed by atoms with Crippen molar-refractivity contribution in [1.82, 2.24) is 10.0 Å². The third-order valence-electron chi connectivity index (χ3n) is 4.34. The zero-order valence-corrected chi connectivity index (χ0v) is 18.7. The topological polar surface area (TPSA) is 145 Å². The van der Waals surface area contributed by atoms with Crippen molar-refractivity contribution in [2.75, 3.05) is 0 Å². The van der Waals surface area contributed by atoms with E-state index in [1.807, 2.05) is 0 Å². The molecule has 1 amide bonds. The van der Waals surface area contributed by atoms with Gasteiger partial charge in [-0.25, -0.2) is 8.42 Å². The lowest BCUT2D eigenvalue weighted by Crippen LogP contribution is -2.46. The fraction of sp³-hybridized carbons (Fsp3) is 0.333. The van der Waals surface area contributed by atoms with Crippen LogP contribution in [0.2, 0.25) is 0 Å². The summed E-state index contributed by atoms with van der Waals surface area (Å²) in [6.07, 6.45) is -0.784. The number of hydrogen-bond donors (Lipinski definition) is 2. The summed E-state index contributed by atoms with van der Waals surface area (Å²) in [7, 11) is -3.98. The maximum Gasteiger partial charge on any atom is 0.308 e. The van der Waals surface area contributed by atoms with Gasteiger partial charge in [0.25, 0.3) is 5.69 Å². The van der Waals surface area contributed by atoms with Gasteiger partial charge in [-0.15, -0.1) is 0 Å². The van der Waals surface area contributed by atoms with E-state index >= 15 is 0 Å². The molecular formula is C21H25N3O7S. The molecular weight excluding hydrogens is 438 g/mol. The fourth-order valence-corrected chi connectivity index (χ4v) is 4.14. The standard InChI is InChI=1S/C21H25N3O7S/c1-14(2)31-20(25)13-18(17-11-7-8-12-19(17)24(27)28)22-21(26)15(3)23-32(29,30)16-9-5-4-6-10-16/h4-12,14-15,18,23H,13H2,1-3H3,(H,22,26)/t15-,18?/m0/s1. The third-order valence-corrected chi connectivity index (χ3v) is 5.90. The summed E-state index contributed by atoms with van der Waals surface area (Å²) in [6.45, 7) is 4.63. The molecule has 2 aromatic carbocycles. The van der Waals surface area contributed by atoms with Crippen LogP contribution in [-0.2, 0) is 24.3 Å². The Kier molecular flexibility index (Phi) is 8.44. The van der Waals surface area contributed by atoms with Crippen LogP contribution in [0.15, 0.2) is 59.5 Å². The number of hydrogen-bond acceptors (Lipinski definition) is 7. The van der Waals surface area contributed by atoms with Crippen LogP contribution in [0.4, 0.5) is 5.69 Å². The summed E-state index contributed by atoms with van der Waals surface area (Å²) in [5.41, 5.74) is -0.183. The van der Waals surface area contributed by atoms with Crippen LogP contribution in [-0.4, -0.2) is 37.4 Å². The summed E-state index contributed by atoms with van der Waals surface area (Å²) < 4.78 is 32.4. The van der Waals surface area contributed by atoms with Gasteiger partial charge in [-0.1, -0.05) is 36.4 Å². The highest BCUT2D eigenvalue weighted by Crippen LogP contribution is 2.27. The summed E-state index contributed by atoms with van der Waals surface area (Å²) in [5, 5.41) is 14.0. The van der Waals surface area contributed by atoms with Crippen molar-refractivity contribution < 1.29 is 27.7 Å². The van der Waals surface area contributed by atoms with Crippen LogP contribution in [0.1, 0.15) is 38.8 Å². The van der Waals surface area contributed by atoms with Gasteiger partial charge in [0.05, 0.1) is 40.0 Å². The Bertz CT molecular complexity index is 1070. The molecule has 172 valence electrons. The maximum absolute atomic E-state index is 12.8. The highest BCUT2D eigenvalue weighted by atomic mass is 32.2. The number of nitrogens with one attached hydrogen (secondary N) is 2. The van der Waals surface area contributed by atoms with Gasteiger partial charge in [-0.05, 0) is 32.9 Å². The molecule has 2 N–H and O–H groups in total. The molecule has 0 radical (unpaired) electrons. The average molecular weight is 464 g/mol. The van der Waals surface area contributed by atoms with E-state index < -0.39 is 45.0 Å². The number of carbonyl (C=O) groups excluding carboxylic acids is 2. The Morgan fingerprint density at radius 1 is 1.03 bits per heavy atom. The molecule has 0 bridgehead atoms. The fourth-order valence-electron chi connectivity index (χ4n) is 2.92. The van der Waals surface area contributed by atoms with Crippen LogP contribution in [0.5, 0.6) is 0 Å². The quantitative estimate of drug-likeness (QED) is 0.313. The van der Waals surface area contributed by atoms with Gasteiger partial charge >= 0.3 is 5.97 Å². The minimum Gasteiger partial charge on any atom is -0.463 e. The first-order chi connectivity index (χ1) is 15.0. The Labute approximate surface area is 186 Å². The number of ether oxygens (including phenoxy) is 1. The molecule has 32 heavy (non-hydrogen) atoms. The first-order valence-electron chi connectivity index (χ1n) is 9.81. The predicted molar refractivity (Wildman–Crippen MR) is 116 cm³/mol. The van der Waals surface area contributed by atoms with Crippen molar-refractivity contribution >= 4 is 27.6 Å². The van der Waals surface area contributed by atoms with E-state index in [1.54, 1.807) is 32.0 Å². The number of sulfonamides is 1. The van der Waals surface area contributed by atoms with E-state index in [2.05, 4.69) is 10.0 Å². The Morgan fingerprint density at radius 2 is 1.62 bits per heavy atom. The number of carbonyl (C=O) groups is 2. The number of rotatable bonds is 10. The average Bonchev–Trinajstić information content (AvgIpc) is 2.73. The summed E-state index contributed by atoms with van der Waals surface area (Å²) in [4.78, 5) is 35.8. The highest BCUT2D eigenvalue weighted by Gasteiger charge is 2.29. The number of benzene rings is 2. The largest absolute Gasteiger partial charge is 0.463 e. The minimum absolute atomic E-state index is 0.0181. The molecule has 0 fully saturated rings. The molecule has 0 spiro atoms. The van der Waals surface area contributed by atoms with Crippen molar-refractivity contribution in [3.05, 3.63) is 70.3 Å². The molecule has 2 rings (SSSR count). The lowest BCUT2D eigenvalue weighted by Gasteiger charge is -2.22. The number of esters is 1. The molecule has 0 aliphatic rings. The van der Waals surface area contributed by atoms with Crippen LogP contribution in [0.25, 0.3) is 0 Å². The zero-order valence-electron chi connectivity index (χ0n) is 17.8. The van der Waals surface area contributed by atoms with Gasteiger partial charge in [-0.2, -0.15) is 4.72 Å². The molecule has 0 aromatic heterocycles. The predicted octanol–water partition coefficient (Wildman–Crippen LogP) is 2.46. The molecule has 0 aliphatic carbocycles. The lowest BCUT2D eigenvalue weighted by atomic mass is 10.0.